The van der Waals surface area contributed by atoms with E-state index in [2.05, 4.69) is 5.32 Å². The first-order valence-electron chi connectivity index (χ1n) is 14.4. The second kappa shape index (κ2) is 10.3. The van der Waals surface area contributed by atoms with E-state index in [0.717, 1.165) is 11.1 Å². The maximum Gasteiger partial charge on any atom is 0.238 e. The zero-order valence-corrected chi connectivity index (χ0v) is 23.8. The summed E-state index contributed by atoms with van der Waals surface area (Å²) >= 11 is 0. The molecule has 4 atom stereocenters. The molecule has 4 aromatic carbocycles. The summed E-state index contributed by atoms with van der Waals surface area (Å²) in [7, 11) is 1.55. The molecule has 0 unspecified atom stereocenters. The van der Waals surface area contributed by atoms with Gasteiger partial charge < -0.3 is 19.7 Å². The highest BCUT2D eigenvalue weighted by Crippen LogP contribution is 2.62. The van der Waals surface area contributed by atoms with Gasteiger partial charge in [-0.3, -0.25) is 14.4 Å². The summed E-state index contributed by atoms with van der Waals surface area (Å²) in [5.41, 5.74) is 2.50. The molecule has 43 heavy (non-hydrogen) atoms. The molecule has 7 rings (SSSR count). The smallest absolute Gasteiger partial charge is 0.238 e. The number of nitrogens with one attached hydrogen (secondary N) is 1. The minimum atomic E-state index is -1.41. The third-order valence-corrected chi connectivity index (χ3v) is 8.93. The van der Waals surface area contributed by atoms with Gasteiger partial charge >= 0.3 is 0 Å². The second-order valence-electron chi connectivity index (χ2n) is 11.0. The number of benzene rings is 4. The van der Waals surface area contributed by atoms with E-state index in [1.165, 1.54) is 0 Å². The number of Topliss-reactive ketones (excluding diaryl/α,β-unsaturated/α-hetero) is 2. The van der Waals surface area contributed by atoms with E-state index in [1.807, 2.05) is 78.7 Å². The van der Waals surface area contributed by atoms with Crippen LogP contribution in [-0.4, -0.2) is 42.1 Å². The number of methoxy groups -OCH3 is 1. The molecule has 7 nitrogen and oxygen atoms in total. The van der Waals surface area contributed by atoms with E-state index < -0.39 is 23.4 Å². The Morgan fingerprint density at radius 1 is 0.907 bits per heavy atom. The van der Waals surface area contributed by atoms with Crippen LogP contribution in [0.2, 0.25) is 0 Å². The SMILES string of the molecule is CCOc1ccccc1C(=O)[C@H]1[C@H](C(=O)c2cccc(OC)c2)N2C=Cc3ccccc3[C@@H]2[C@]12C(=O)Nc1ccccc12. The third kappa shape index (κ3) is 3.84. The van der Waals surface area contributed by atoms with E-state index >= 15 is 4.79 Å². The maximum atomic E-state index is 15.1. The molecular weight excluding hydrogens is 540 g/mol. The highest BCUT2D eigenvalue weighted by Gasteiger charge is 2.70. The number of amides is 1. The average Bonchev–Trinajstić information content (AvgIpc) is 3.53. The van der Waals surface area contributed by atoms with Gasteiger partial charge in [0.2, 0.25) is 5.91 Å². The molecule has 0 aromatic heterocycles. The van der Waals surface area contributed by atoms with Gasteiger partial charge in [0.25, 0.3) is 0 Å². The fraction of sp³-hybridized carbons (Fsp3) is 0.194. The molecule has 1 spiro atoms. The monoisotopic (exact) mass is 570 g/mol. The predicted molar refractivity (Wildman–Crippen MR) is 163 cm³/mol. The predicted octanol–water partition coefficient (Wildman–Crippen LogP) is 6.08. The van der Waals surface area contributed by atoms with Gasteiger partial charge in [0.15, 0.2) is 11.6 Å². The van der Waals surface area contributed by atoms with Gasteiger partial charge in [-0.05, 0) is 60.0 Å². The fourth-order valence-corrected chi connectivity index (χ4v) is 7.23. The lowest BCUT2D eigenvalue weighted by Crippen LogP contribution is -2.49. The topological polar surface area (TPSA) is 84.9 Å². The number of para-hydroxylation sites is 2. The molecule has 214 valence electrons. The third-order valence-electron chi connectivity index (χ3n) is 8.93. The van der Waals surface area contributed by atoms with Gasteiger partial charge in [-0.15, -0.1) is 0 Å². The normalized spacial score (nSPS) is 22.9. The van der Waals surface area contributed by atoms with Crippen LogP contribution in [-0.2, 0) is 10.2 Å². The summed E-state index contributed by atoms with van der Waals surface area (Å²) < 4.78 is 11.3. The average molecular weight is 571 g/mol. The minimum absolute atomic E-state index is 0.269. The van der Waals surface area contributed by atoms with Gasteiger partial charge in [-0.2, -0.15) is 0 Å². The van der Waals surface area contributed by atoms with Crippen molar-refractivity contribution in [2.24, 2.45) is 5.92 Å². The Bertz CT molecular complexity index is 1810. The van der Waals surface area contributed by atoms with Crippen molar-refractivity contribution in [2.75, 3.05) is 19.0 Å². The van der Waals surface area contributed by atoms with Crippen LogP contribution in [0, 0.1) is 5.92 Å². The molecular formula is C36H30N2O5. The molecule has 7 heteroatoms. The number of rotatable bonds is 7. The number of carbonyl (C=O) groups excluding carboxylic acids is 3. The first-order valence-corrected chi connectivity index (χ1v) is 14.4. The molecule has 0 saturated carbocycles. The number of nitrogens with zero attached hydrogens (tertiary/aromatic N) is 1. The number of ketones is 2. The number of carbonyl (C=O) groups is 3. The van der Waals surface area contributed by atoms with Crippen molar-refractivity contribution in [3.05, 3.63) is 131 Å². The molecule has 1 saturated heterocycles. The molecule has 4 aromatic rings. The van der Waals surface area contributed by atoms with Crippen LogP contribution in [0.25, 0.3) is 6.08 Å². The molecule has 0 aliphatic carbocycles. The van der Waals surface area contributed by atoms with Crippen LogP contribution >= 0.6 is 0 Å². The second-order valence-corrected chi connectivity index (χ2v) is 11.0. The number of anilines is 1. The molecule has 1 N–H and O–H groups in total. The minimum Gasteiger partial charge on any atom is -0.497 e. The maximum absolute atomic E-state index is 15.1. The Kier molecular flexibility index (Phi) is 6.38. The summed E-state index contributed by atoms with van der Waals surface area (Å²) in [6.07, 6.45) is 3.82. The number of fused-ring (bicyclic) bond motifs is 6. The zero-order chi connectivity index (χ0) is 29.7. The van der Waals surface area contributed by atoms with E-state index in [-0.39, 0.29) is 17.5 Å². The Balaban J connectivity index is 1.54. The summed E-state index contributed by atoms with van der Waals surface area (Å²) in [6, 6.07) is 27.7. The van der Waals surface area contributed by atoms with Crippen molar-refractivity contribution in [3.8, 4) is 11.5 Å². The number of hydrogen-bond donors (Lipinski definition) is 1. The molecule has 1 fully saturated rings. The van der Waals surface area contributed by atoms with Crippen LogP contribution < -0.4 is 14.8 Å². The Morgan fingerprint density at radius 2 is 1.67 bits per heavy atom. The van der Waals surface area contributed by atoms with Crippen molar-refractivity contribution in [1.29, 1.82) is 0 Å². The Labute approximate surface area is 249 Å². The standard InChI is InChI=1S/C36H30N2O5/c1-3-43-29-18-9-6-15-26(29)33(40)30-31(32(39)23-12-10-13-24(21-23)42-2)38-20-19-22-11-4-5-14-25(22)34(38)36(30)27-16-7-8-17-28(27)37-35(36)41/h4-21,30-31,34H,3H2,1-2H3,(H,37,41)/t30-,31-,34-,36-/m1/s1. The van der Waals surface area contributed by atoms with Gasteiger partial charge in [-0.25, -0.2) is 0 Å². The largest absolute Gasteiger partial charge is 0.497 e. The van der Waals surface area contributed by atoms with Crippen molar-refractivity contribution in [2.45, 2.75) is 24.4 Å². The highest BCUT2D eigenvalue weighted by molar-refractivity contribution is 6.17. The van der Waals surface area contributed by atoms with E-state index in [0.29, 0.717) is 40.5 Å². The lowest BCUT2D eigenvalue weighted by Gasteiger charge is -2.38. The van der Waals surface area contributed by atoms with Crippen LogP contribution in [0.15, 0.2) is 103 Å². The van der Waals surface area contributed by atoms with Gasteiger partial charge in [0.05, 0.1) is 31.2 Å². The van der Waals surface area contributed by atoms with Crippen LogP contribution in [0.4, 0.5) is 5.69 Å². The van der Waals surface area contributed by atoms with Crippen molar-refractivity contribution in [3.63, 3.8) is 0 Å². The summed E-state index contributed by atoms with van der Waals surface area (Å²) in [5.74, 6) is -1.03. The van der Waals surface area contributed by atoms with Gasteiger partial charge in [-0.1, -0.05) is 66.7 Å². The molecule has 0 bridgehead atoms. The summed E-state index contributed by atoms with van der Waals surface area (Å²) in [5, 5.41) is 3.08. The first kappa shape index (κ1) is 26.7. The van der Waals surface area contributed by atoms with E-state index in [1.54, 1.807) is 49.6 Å². The van der Waals surface area contributed by atoms with Gasteiger partial charge in [0, 0.05) is 17.5 Å². The first-order chi connectivity index (χ1) is 21.0. The quantitative estimate of drug-likeness (QED) is 0.271. The van der Waals surface area contributed by atoms with Crippen molar-refractivity contribution >= 4 is 29.2 Å². The lowest BCUT2D eigenvalue weighted by atomic mass is 9.62. The lowest BCUT2D eigenvalue weighted by molar-refractivity contribution is -0.122. The summed E-state index contributed by atoms with van der Waals surface area (Å²) in [4.78, 5) is 46.4. The molecule has 3 aliphatic heterocycles. The molecule has 1 amide bonds. The molecule has 3 aliphatic rings. The number of hydrogen-bond acceptors (Lipinski definition) is 6. The molecule has 3 heterocycles. The Morgan fingerprint density at radius 3 is 2.51 bits per heavy atom. The van der Waals surface area contributed by atoms with Crippen LogP contribution in [0.3, 0.4) is 0 Å². The van der Waals surface area contributed by atoms with E-state index in [4.69, 9.17) is 9.47 Å². The zero-order valence-electron chi connectivity index (χ0n) is 23.8. The molecule has 0 radical (unpaired) electrons. The van der Waals surface area contributed by atoms with Crippen LogP contribution in [0.5, 0.6) is 11.5 Å². The van der Waals surface area contributed by atoms with Crippen molar-refractivity contribution < 1.29 is 23.9 Å². The highest BCUT2D eigenvalue weighted by atomic mass is 16.5. The van der Waals surface area contributed by atoms with Crippen LogP contribution in [0.1, 0.15) is 50.4 Å². The van der Waals surface area contributed by atoms with E-state index in [9.17, 15) is 9.59 Å². The summed E-state index contributed by atoms with van der Waals surface area (Å²) in [6.45, 7) is 2.22. The Hall–Kier alpha value is -5.17. The number of ether oxygens (including phenoxy) is 2. The fourth-order valence-electron chi connectivity index (χ4n) is 7.23. The van der Waals surface area contributed by atoms with Crippen molar-refractivity contribution in [1.82, 2.24) is 4.90 Å². The van der Waals surface area contributed by atoms with Gasteiger partial charge in [0.1, 0.15) is 23.0 Å².